The van der Waals surface area contributed by atoms with Crippen molar-refractivity contribution >= 4 is 35.1 Å². The number of methoxy groups -OCH3 is 1. The summed E-state index contributed by atoms with van der Waals surface area (Å²) in [6.45, 7) is 5.79. The summed E-state index contributed by atoms with van der Waals surface area (Å²) >= 11 is 0. The summed E-state index contributed by atoms with van der Waals surface area (Å²) in [7, 11) is 4.75. The Kier molecular flexibility index (Phi) is 7.65. The molecule has 1 saturated heterocycles. The van der Waals surface area contributed by atoms with Crippen LogP contribution in [0.4, 0.5) is 22.0 Å². The first-order valence-corrected chi connectivity index (χ1v) is 12.2. The van der Waals surface area contributed by atoms with Gasteiger partial charge in [-0.1, -0.05) is 6.07 Å². The van der Waals surface area contributed by atoms with E-state index in [-0.39, 0.29) is 36.2 Å². The van der Waals surface area contributed by atoms with Crippen LogP contribution in [0.3, 0.4) is 0 Å². The third kappa shape index (κ3) is 6.22. The lowest BCUT2D eigenvalue weighted by Crippen LogP contribution is -2.55. The van der Waals surface area contributed by atoms with E-state index in [1.165, 1.54) is 25.1 Å². The fourth-order valence-electron chi connectivity index (χ4n) is 3.82. The van der Waals surface area contributed by atoms with Gasteiger partial charge in [0.25, 0.3) is 5.91 Å². The number of anilines is 3. The molecule has 0 spiro atoms. The van der Waals surface area contributed by atoms with Crippen LogP contribution >= 0.6 is 0 Å². The van der Waals surface area contributed by atoms with E-state index in [2.05, 4.69) is 36.2 Å². The predicted molar refractivity (Wildman–Crippen MR) is 142 cm³/mol. The van der Waals surface area contributed by atoms with E-state index in [9.17, 15) is 14.4 Å². The van der Waals surface area contributed by atoms with E-state index in [0.717, 1.165) is 0 Å². The van der Waals surface area contributed by atoms with Crippen LogP contribution in [-0.4, -0.2) is 80.6 Å². The topological polar surface area (TPSA) is 165 Å². The lowest BCUT2D eigenvalue weighted by atomic mass is 10.00. The first kappa shape index (κ1) is 27.3. The zero-order chi connectivity index (χ0) is 28.3. The van der Waals surface area contributed by atoms with Gasteiger partial charge >= 0.3 is 6.09 Å². The number of nitrogens with one attached hydrogen (secondary N) is 3. The third-order valence-electron chi connectivity index (χ3n) is 5.72. The summed E-state index contributed by atoms with van der Waals surface area (Å²) < 4.78 is 12.6. The molecule has 1 aliphatic rings. The van der Waals surface area contributed by atoms with E-state index < -0.39 is 23.5 Å². The Labute approximate surface area is 225 Å². The van der Waals surface area contributed by atoms with Gasteiger partial charge < -0.3 is 30.3 Å². The van der Waals surface area contributed by atoms with Crippen LogP contribution in [0, 0.1) is 5.92 Å². The van der Waals surface area contributed by atoms with Crippen molar-refractivity contribution in [3.8, 4) is 17.1 Å². The van der Waals surface area contributed by atoms with Crippen molar-refractivity contribution in [2.75, 3.05) is 37.9 Å². The maximum Gasteiger partial charge on any atom is 0.410 e. The van der Waals surface area contributed by atoms with Gasteiger partial charge in [-0.3, -0.25) is 14.3 Å². The average Bonchev–Trinajstić information content (AvgIpc) is 3.27. The molecule has 0 bridgehead atoms. The highest BCUT2D eigenvalue weighted by molar-refractivity contribution is 6.00. The number of carbonyl (C=O) groups excluding carboxylic acids is 3. The highest BCUT2D eigenvalue weighted by atomic mass is 16.6. The standard InChI is InChI=1S/C25H31N9O5/c1-25(2,3)39-24(37)34-11-14(12-34)22(35)29-18-10-17(19(31-30-18)23(36)26-4)28-16-9-7-8-15(20(16)38-6)21-27-13-33(5)32-21/h7-10,13-14H,11-12H2,1-6H3,(H,26,36)(H2,28,29,30,35). The molecule has 0 saturated carbocycles. The Morgan fingerprint density at radius 2 is 1.85 bits per heavy atom. The third-order valence-corrected chi connectivity index (χ3v) is 5.72. The fourth-order valence-corrected chi connectivity index (χ4v) is 3.82. The molecule has 0 unspecified atom stereocenters. The number of hydrogen-bond acceptors (Lipinski definition) is 10. The van der Waals surface area contributed by atoms with Crippen LogP contribution in [0.1, 0.15) is 31.3 Å². The molecular weight excluding hydrogens is 506 g/mol. The SMILES string of the molecule is CNC(=O)c1nnc(NC(=O)C2CN(C(=O)OC(C)(C)C)C2)cc1Nc1cccc(-c2ncn(C)n2)c1OC. The molecule has 0 radical (unpaired) electrons. The molecule has 1 aliphatic heterocycles. The second kappa shape index (κ2) is 10.9. The number of carbonyl (C=O) groups is 3. The van der Waals surface area contributed by atoms with E-state index in [4.69, 9.17) is 9.47 Å². The highest BCUT2D eigenvalue weighted by Crippen LogP contribution is 2.37. The highest BCUT2D eigenvalue weighted by Gasteiger charge is 2.38. The summed E-state index contributed by atoms with van der Waals surface area (Å²) in [5.74, 6) is -0.193. The number of aromatic nitrogens is 5. The Hall–Kier alpha value is -4.75. The second-order valence-corrected chi connectivity index (χ2v) is 9.90. The molecule has 3 aromatic rings. The molecule has 0 atom stereocenters. The second-order valence-electron chi connectivity index (χ2n) is 9.90. The van der Waals surface area contributed by atoms with Gasteiger partial charge in [-0.05, 0) is 32.9 Å². The minimum Gasteiger partial charge on any atom is -0.494 e. The Bertz CT molecular complexity index is 1390. The zero-order valence-electron chi connectivity index (χ0n) is 22.6. The summed E-state index contributed by atoms with van der Waals surface area (Å²) in [6, 6.07) is 6.87. The smallest absolute Gasteiger partial charge is 0.410 e. The zero-order valence-corrected chi connectivity index (χ0v) is 22.6. The summed E-state index contributed by atoms with van der Waals surface area (Å²) in [4.78, 5) is 43.2. The first-order valence-electron chi connectivity index (χ1n) is 12.2. The Morgan fingerprint density at radius 1 is 1.10 bits per heavy atom. The van der Waals surface area contributed by atoms with Gasteiger partial charge in [0.1, 0.15) is 11.9 Å². The predicted octanol–water partition coefficient (Wildman–Crippen LogP) is 2.19. The summed E-state index contributed by atoms with van der Waals surface area (Å²) in [6.07, 6.45) is 1.11. The molecule has 39 heavy (non-hydrogen) atoms. The maximum atomic E-state index is 12.8. The van der Waals surface area contributed by atoms with Crippen molar-refractivity contribution in [2.45, 2.75) is 26.4 Å². The van der Waals surface area contributed by atoms with Gasteiger partial charge in [0.05, 0.1) is 30.0 Å². The van der Waals surface area contributed by atoms with Crippen LogP contribution in [0.2, 0.25) is 0 Å². The van der Waals surface area contributed by atoms with Gasteiger partial charge in [0.2, 0.25) is 5.91 Å². The van der Waals surface area contributed by atoms with Crippen molar-refractivity contribution in [1.29, 1.82) is 0 Å². The lowest BCUT2D eigenvalue weighted by Gasteiger charge is -2.38. The number of likely N-dealkylation sites (tertiary alicyclic amines) is 1. The van der Waals surface area contributed by atoms with Gasteiger partial charge in [0, 0.05) is 33.3 Å². The van der Waals surface area contributed by atoms with Crippen molar-refractivity contribution in [1.82, 2.24) is 35.2 Å². The maximum absolute atomic E-state index is 12.8. The monoisotopic (exact) mass is 537 g/mol. The largest absolute Gasteiger partial charge is 0.494 e. The van der Waals surface area contributed by atoms with Crippen LogP contribution in [0.25, 0.3) is 11.4 Å². The molecule has 1 fully saturated rings. The van der Waals surface area contributed by atoms with Crippen LogP contribution in [-0.2, 0) is 16.6 Å². The van der Waals surface area contributed by atoms with E-state index in [0.29, 0.717) is 22.8 Å². The van der Waals surface area contributed by atoms with Crippen molar-refractivity contribution in [3.05, 3.63) is 36.3 Å². The van der Waals surface area contributed by atoms with Gasteiger partial charge in [-0.2, -0.15) is 5.10 Å². The molecule has 14 heteroatoms. The van der Waals surface area contributed by atoms with Crippen LogP contribution in [0.5, 0.6) is 5.75 Å². The van der Waals surface area contributed by atoms with Gasteiger partial charge in [-0.25, -0.2) is 9.78 Å². The summed E-state index contributed by atoms with van der Waals surface area (Å²) in [5, 5.41) is 20.8. The number of nitrogens with zero attached hydrogens (tertiary/aromatic N) is 6. The van der Waals surface area contributed by atoms with Crippen molar-refractivity contribution < 1.29 is 23.9 Å². The number of rotatable bonds is 7. The molecule has 3 heterocycles. The first-order chi connectivity index (χ1) is 18.5. The summed E-state index contributed by atoms with van der Waals surface area (Å²) in [5.41, 5.74) is 0.836. The number of para-hydroxylation sites is 1. The van der Waals surface area contributed by atoms with E-state index >= 15 is 0 Å². The quantitative estimate of drug-likeness (QED) is 0.407. The number of amides is 3. The molecule has 14 nitrogen and oxygen atoms in total. The van der Waals surface area contributed by atoms with Gasteiger partial charge in [0.15, 0.2) is 23.1 Å². The van der Waals surface area contributed by atoms with Crippen LogP contribution < -0.4 is 20.7 Å². The molecule has 1 aromatic carbocycles. The Morgan fingerprint density at radius 3 is 2.46 bits per heavy atom. The van der Waals surface area contributed by atoms with Crippen molar-refractivity contribution in [2.24, 2.45) is 13.0 Å². The number of benzene rings is 1. The molecule has 0 aliphatic carbocycles. The minimum atomic E-state index is -0.619. The fraction of sp³-hybridized carbons (Fsp3) is 0.400. The number of hydrogen-bond donors (Lipinski definition) is 3. The van der Waals surface area contributed by atoms with Crippen molar-refractivity contribution in [3.63, 3.8) is 0 Å². The normalized spacial score (nSPS) is 13.3. The van der Waals surface area contributed by atoms with Gasteiger partial charge in [-0.15, -0.1) is 10.2 Å². The molecule has 206 valence electrons. The van der Waals surface area contributed by atoms with E-state index in [1.54, 1.807) is 51.0 Å². The number of ether oxygens (including phenoxy) is 2. The molecule has 3 N–H and O–H groups in total. The minimum absolute atomic E-state index is 0.0126. The molecular formula is C25H31N9O5. The molecule has 3 amide bonds. The van der Waals surface area contributed by atoms with E-state index in [1.807, 2.05) is 6.07 Å². The lowest BCUT2D eigenvalue weighted by molar-refractivity contribution is -0.124. The molecule has 4 rings (SSSR count). The average molecular weight is 538 g/mol. The number of aryl methyl sites for hydroxylation is 1. The van der Waals surface area contributed by atoms with Crippen LogP contribution in [0.15, 0.2) is 30.6 Å². The Balaban J connectivity index is 1.54. The molecule has 2 aromatic heterocycles.